The maximum atomic E-state index is 13.8. The molecule has 16 heteroatoms. The third kappa shape index (κ3) is 6.47. The number of halogens is 5. The SMILES string of the molecule is C[C@@H](OC(=O)N/C(=C(/N)c1ccc(NC(=O)c2cc(F)nc(F)c2F)cn1)N(C)N)c1cc(F)cnc1F. The summed E-state index contributed by atoms with van der Waals surface area (Å²) >= 11 is 0. The normalized spacial score (nSPS) is 12.3. The molecule has 3 aromatic heterocycles. The predicted octanol–water partition coefficient (Wildman–Crippen LogP) is 2.70. The van der Waals surface area contributed by atoms with Crippen LogP contribution in [0.15, 0.2) is 42.5 Å². The first kappa shape index (κ1) is 27.7. The van der Waals surface area contributed by atoms with Crippen LogP contribution in [0.4, 0.5) is 32.4 Å². The molecule has 0 aromatic carbocycles. The van der Waals surface area contributed by atoms with Gasteiger partial charge in [-0.05, 0) is 25.1 Å². The molecule has 0 bridgehead atoms. The number of nitrogens with zero attached hydrogens (tertiary/aromatic N) is 4. The van der Waals surface area contributed by atoms with E-state index in [-0.39, 0.29) is 28.5 Å². The first-order valence-corrected chi connectivity index (χ1v) is 10.4. The quantitative estimate of drug-likeness (QED) is 0.153. The second kappa shape index (κ2) is 11.5. The molecule has 0 unspecified atom stereocenters. The van der Waals surface area contributed by atoms with E-state index in [2.05, 4.69) is 25.6 Å². The van der Waals surface area contributed by atoms with E-state index in [9.17, 15) is 31.5 Å². The monoisotopic (exact) mass is 538 g/mol. The molecule has 6 N–H and O–H groups in total. The molecule has 2 amide bonds. The molecule has 11 nitrogen and oxygen atoms in total. The Morgan fingerprint density at radius 2 is 1.76 bits per heavy atom. The second-order valence-corrected chi connectivity index (χ2v) is 7.56. The van der Waals surface area contributed by atoms with Gasteiger partial charge in [-0.1, -0.05) is 0 Å². The minimum Gasteiger partial charge on any atom is -0.441 e. The lowest BCUT2D eigenvalue weighted by Gasteiger charge is -2.21. The molecule has 0 aliphatic rings. The third-order valence-corrected chi connectivity index (χ3v) is 4.81. The Labute approximate surface area is 211 Å². The number of rotatable bonds is 7. The van der Waals surface area contributed by atoms with Crippen molar-refractivity contribution in [3.8, 4) is 0 Å². The lowest BCUT2D eigenvalue weighted by atomic mass is 10.2. The number of aromatic nitrogens is 3. The lowest BCUT2D eigenvalue weighted by Crippen LogP contribution is -2.39. The molecule has 0 fully saturated rings. The van der Waals surface area contributed by atoms with E-state index < -0.39 is 53.1 Å². The van der Waals surface area contributed by atoms with E-state index in [0.717, 1.165) is 17.3 Å². The smallest absolute Gasteiger partial charge is 0.413 e. The average molecular weight is 538 g/mol. The minimum atomic E-state index is -1.78. The summed E-state index contributed by atoms with van der Waals surface area (Å²) in [5.41, 5.74) is 4.68. The van der Waals surface area contributed by atoms with Crippen molar-refractivity contribution in [2.24, 2.45) is 11.6 Å². The van der Waals surface area contributed by atoms with Gasteiger partial charge in [0.25, 0.3) is 11.9 Å². The predicted molar refractivity (Wildman–Crippen MR) is 122 cm³/mol. The molecule has 0 spiro atoms. The third-order valence-electron chi connectivity index (χ3n) is 4.81. The highest BCUT2D eigenvalue weighted by Crippen LogP contribution is 2.21. The average Bonchev–Trinajstić information content (AvgIpc) is 2.85. The molecular weight excluding hydrogens is 519 g/mol. The van der Waals surface area contributed by atoms with E-state index >= 15 is 0 Å². The van der Waals surface area contributed by atoms with Crippen molar-refractivity contribution in [1.82, 2.24) is 25.3 Å². The standard InChI is InChI=1S/C22H19F5N8O3/c1-9(12-5-10(23)7-31-18(12)26)38-22(37)34-20(35(2)29)17(28)14-4-3-11(8-30-14)32-21(36)13-6-15(24)33-19(27)16(13)25/h3-9H,28-29H2,1-2H3,(H,32,36)(H,34,37)/b20-17-/t9-/m1/s1. The number of nitrogens with two attached hydrogens (primary N) is 2. The summed E-state index contributed by atoms with van der Waals surface area (Å²) in [4.78, 5) is 34.4. The molecule has 0 aliphatic heterocycles. The number of carbonyl (C=O) groups is 2. The fraction of sp³-hybridized carbons (Fsp3) is 0.136. The lowest BCUT2D eigenvalue weighted by molar-refractivity contribution is 0.101. The summed E-state index contributed by atoms with van der Waals surface area (Å²) in [6.45, 7) is 1.28. The first-order valence-electron chi connectivity index (χ1n) is 10.4. The van der Waals surface area contributed by atoms with Crippen molar-refractivity contribution in [2.45, 2.75) is 13.0 Å². The maximum absolute atomic E-state index is 13.8. The van der Waals surface area contributed by atoms with Crippen LogP contribution in [0.3, 0.4) is 0 Å². The topological polar surface area (TPSA) is 161 Å². The molecule has 200 valence electrons. The van der Waals surface area contributed by atoms with Crippen molar-refractivity contribution in [2.75, 3.05) is 12.4 Å². The number of hydrazine groups is 1. The highest BCUT2D eigenvalue weighted by Gasteiger charge is 2.21. The summed E-state index contributed by atoms with van der Waals surface area (Å²) in [7, 11) is 1.32. The van der Waals surface area contributed by atoms with Crippen LogP contribution in [0.25, 0.3) is 5.70 Å². The Kier molecular flexibility index (Phi) is 8.36. The van der Waals surface area contributed by atoms with E-state index in [1.165, 1.54) is 26.1 Å². The Morgan fingerprint density at radius 1 is 1.05 bits per heavy atom. The van der Waals surface area contributed by atoms with Crippen LogP contribution in [0, 0.1) is 29.5 Å². The molecule has 0 radical (unpaired) electrons. The summed E-state index contributed by atoms with van der Waals surface area (Å²) in [5.74, 6) is -2.32. The largest absolute Gasteiger partial charge is 0.441 e. The van der Waals surface area contributed by atoms with Gasteiger partial charge in [0.1, 0.15) is 17.6 Å². The number of amides is 2. The number of hydrogen-bond donors (Lipinski definition) is 4. The first-order chi connectivity index (χ1) is 17.9. The summed E-state index contributed by atoms with van der Waals surface area (Å²) in [6.07, 6.45) is -0.617. The summed E-state index contributed by atoms with van der Waals surface area (Å²) in [5, 5.41) is 5.38. The minimum absolute atomic E-state index is 0.00171. The molecule has 3 aromatic rings. The molecule has 3 rings (SSSR count). The van der Waals surface area contributed by atoms with Gasteiger partial charge in [0, 0.05) is 13.1 Å². The van der Waals surface area contributed by atoms with Crippen LogP contribution < -0.4 is 22.2 Å². The van der Waals surface area contributed by atoms with E-state index in [4.69, 9.17) is 16.3 Å². The van der Waals surface area contributed by atoms with Gasteiger partial charge in [-0.15, -0.1) is 0 Å². The van der Waals surface area contributed by atoms with Crippen LogP contribution in [-0.2, 0) is 4.74 Å². The molecule has 0 aliphatic carbocycles. The van der Waals surface area contributed by atoms with Gasteiger partial charge in [0.05, 0.1) is 34.9 Å². The number of ether oxygens (including phenoxy) is 1. The summed E-state index contributed by atoms with van der Waals surface area (Å²) < 4.78 is 72.6. The second-order valence-electron chi connectivity index (χ2n) is 7.56. The molecule has 1 atom stereocenters. The molecule has 38 heavy (non-hydrogen) atoms. The number of alkyl carbamates (subject to hydrolysis) is 1. The van der Waals surface area contributed by atoms with Crippen molar-refractivity contribution in [1.29, 1.82) is 0 Å². The van der Waals surface area contributed by atoms with Crippen LogP contribution in [-0.4, -0.2) is 39.0 Å². The zero-order valence-corrected chi connectivity index (χ0v) is 19.6. The van der Waals surface area contributed by atoms with Crippen LogP contribution in [0.1, 0.15) is 34.6 Å². The van der Waals surface area contributed by atoms with Crippen LogP contribution in [0.2, 0.25) is 0 Å². The molecule has 3 heterocycles. The van der Waals surface area contributed by atoms with Gasteiger partial charge in [-0.3, -0.25) is 20.1 Å². The van der Waals surface area contributed by atoms with Crippen LogP contribution in [0.5, 0.6) is 0 Å². The highest BCUT2D eigenvalue weighted by atomic mass is 19.2. The summed E-state index contributed by atoms with van der Waals surface area (Å²) in [6, 6.07) is 3.79. The van der Waals surface area contributed by atoms with E-state index in [1.54, 1.807) is 0 Å². The number of carbonyl (C=O) groups excluding carboxylic acids is 2. The molecule has 0 saturated carbocycles. The van der Waals surface area contributed by atoms with E-state index in [0.29, 0.717) is 12.3 Å². The number of anilines is 1. The van der Waals surface area contributed by atoms with E-state index in [1.807, 2.05) is 0 Å². The van der Waals surface area contributed by atoms with Gasteiger partial charge >= 0.3 is 6.09 Å². The van der Waals surface area contributed by atoms with Gasteiger partial charge < -0.3 is 15.8 Å². The number of nitrogens with one attached hydrogen (secondary N) is 2. The maximum Gasteiger partial charge on any atom is 0.413 e. The van der Waals surface area contributed by atoms with Crippen molar-refractivity contribution < 1.29 is 36.3 Å². The highest BCUT2D eigenvalue weighted by molar-refractivity contribution is 6.04. The Balaban J connectivity index is 1.75. The van der Waals surface area contributed by atoms with Gasteiger partial charge in [0.15, 0.2) is 11.6 Å². The Morgan fingerprint density at radius 3 is 2.39 bits per heavy atom. The van der Waals surface area contributed by atoms with Gasteiger partial charge in [0.2, 0.25) is 11.9 Å². The zero-order chi connectivity index (χ0) is 28.1. The fourth-order valence-corrected chi connectivity index (χ4v) is 3.00. The number of pyridine rings is 3. The fourth-order valence-electron chi connectivity index (χ4n) is 3.00. The van der Waals surface area contributed by atoms with Crippen molar-refractivity contribution in [3.63, 3.8) is 0 Å². The van der Waals surface area contributed by atoms with Crippen LogP contribution >= 0.6 is 0 Å². The Hall–Kier alpha value is -4.86. The number of hydrogen-bond acceptors (Lipinski definition) is 9. The van der Waals surface area contributed by atoms with Gasteiger partial charge in [-0.25, -0.2) is 24.4 Å². The van der Waals surface area contributed by atoms with Crippen molar-refractivity contribution >= 4 is 23.4 Å². The molecular formula is C22H19F5N8O3. The van der Waals surface area contributed by atoms with Crippen molar-refractivity contribution in [3.05, 3.63) is 88.8 Å². The van der Waals surface area contributed by atoms with Gasteiger partial charge in [-0.2, -0.15) is 18.2 Å². The molecule has 0 saturated heterocycles. The zero-order valence-electron chi connectivity index (χ0n) is 19.6. The Bertz CT molecular complexity index is 1400.